The minimum atomic E-state index is -4.37. The first-order chi connectivity index (χ1) is 8.47. The number of nitrogens with one attached hydrogen (secondary N) is 1. The van der Waals surface area contributed by atoms with E-state index in [9.17, 15) is 13.2 Å². The molecule has 0 aliphatic carbocycles. The maximum Gasteiger partial charge on any atom is 0.425 e. The fourth-order valence-corrected chi connectivity index (χ4v) is 1.67. The fraction of sp³-hybridized carbons (Fsp3) is 0.250. The second-order valence-corrected chi connectivity index (χ2v) is 3.83. The highest BCUT2D eigenvalue weighted by atomic mass is 19.4. The van der Waals surface area contributed by atoms with Gasteiger partial charge in [0.15, 0.2) is 0 Å². The van der Waals surface area contributed by atoms with Crippen LogP contribution >= 0.6 is 0 Å². The number of hydrogen-bond acceptors (Lipinski definition) is 2. The summed E-state index contributed by atoms with van der Waals surface area (Å²) in [4.78, 5) is 7.32. The number of halogens is 3. The van der Waals surface area contributed by atoms with Gasteiger partial charge in [-0.05, 0) is 13.0 Å². The third-order valence-corrected chi connectivity index (χ3v) is 2.43. The lowest BCUT2D eigenvalue weighted by Gasteiger charge is -2.02. The highest BCUT2D eigenvalue weighted by Crippen LogP contribution is 2.20. The number of aromatic amines is 1. The molecular formula is C12H11F3N2O. The number of fused-ring (bicyclic) bond motifs is 1. The van der Waals surface area contributed by atoms with Crippen LogP contribution in [0.25, 0.3) is 10.9 Å². The summed E-state index contributed by atoms with van der Waals surface area (Å²) in [6, 6.07) is 7.48. The number of aryl methyl sites for hydroxylation is 1. The zero-order valence-electron chi connectivity index (χ0n) is 9.58. The Morgan fingerprint density at radius 2 is 2.06 bits per heavy atom. The number of aromatic nitrogens is 1. The monoisotopic (exact) mass is 256 g/mol. The molecule has 2 aromatic rings. The Morgan fingerprint density at radius 1 is 1.33 bits per heavy atom. The van der Waals surface area contributed by atoms with Crippen LogP contribution in [0.4, 0.5) is 13.2 Å². The van der Waals surface area contributed by atoms with Gasteiger partial charge in [0.05, 0.1) is 6.21 Å². The van der Waals surface area contributed by atoms with Crippen LogP contribution in [-0.4, -0.2) is 24.0 Å². The normalized spacial score (nSPS) is 12.4. The molecule has 0 spiro atoms. The number of oxime groups is 1. The van der Waals surface area contributed by atoms with E-state index in [0.717, 1.165) is 22.2 Å². The van der Waals surface area contributed by atoms with Gasteiger partial charge in [-0.15, -0.1) is 0 Å². The minimum Gasteiger partial charge on any atom is -0.386 e. The van der Waals surface area contributed by atoms with Gasteiger partial charge in [0.2, 0.25) is 6.61 Å². The van der Waals surface area contributed by atoms with E-state index in [4.69, 9.17) is 0 Å². The molecule has 18 heavy (non-hydrogen) atoms. The second-order valence-electron chi connectivity index (χ2n) is 3.83. The van der Waals surface area contributed by atoms with Crippen molar-refractivity contribution in [1.29, 1.82) is 0 Å². The third kappa shape index (κ3) is 2.82. The van der Waals surface area contributed by atoms with Gasteiger partial charge in [0.25, 0.3) is 0 Å². The van der Waals surface area contributed by atoms with Crippen LogP contribution in [0, 0.1) is 6.92 Å². The SMILES string of the molecule is Cc1[nH]c2ccccc2c1/C=N/OCC(F)(F)F. The zero-order chi connectivity index (χ0) is 13.2. The van der Waals surface area contributed by atoms with Gasteiger partial charge in [-0.25, -0.2) is 0 Å². The number of hydrogen-bond donors (Lipinski definition) is 1. The lowest BCUT2D eigenvalue weighted by atomic mass is 10.1. The summed E-state index contributed by atoms with van der Waals surface area (Å²) in [7, 11) is 0. The highest BCUT2D eigenvalue weighted by Gasteiger charge is 2.28. The largest absolute Gasteiger partial charge is 0.425 e. The van der Waals surface area contributed by atoms with Crippen LogP contribution in [0.15, 0.2) is 29.4 Å². The average Bonchev–Trinajstić information content (AvgIpc) is 2.59. The van der Waals surface area contributed by atoms with Gasteiger partial charge in [-0.3, -0.25) is 0 Å². The van der Waals surface area contributed by atoms with Crippen LogP contribution in [0.1, 0.15) is 11.3 Å². The Labute approximate surface area is 101 Å². The van der Waals surface area contributed by atoms with Crippen LogP contribution < -0.4 is 0 Å². The van der Waals surface area contributed by atoms with E-state index in [0.29, 0.717) is 0 Å². The molecule has 1 aromatic carbocycles. The van der Waals surface area contributed by atoms with Gasteiger partial charge >= 0.3 is 6.18 Å². The van der Waals surface area contributed by atoms with Crippen LogP contribution in [0.3, 0.4) is 0 Å². The van der Waals surface area contributed by atoms with Crippen LogP contribution in [-0.2, 0) is 4.84 Å². The van der Waals surface area contributed by atoms with E-state index in [2.05, 4.69) is 15.0 Å². The first-order valence-electron chi connectivity index (χ1n) is 5.27. The van der Waals surface area contributed by atoms with Gasteiger partial charge in [-0.2, -0.15) is 13.2 Å². The Hall–Kier alpha value is -1.98. The first kappa shape index (κ1) is 12.5. The first-order valence-corrected chi connectivity index (χ1v) is 5.27. The Balaban J connectivity index is 2.16. The molecule has 3 nitrogen and oxygen atoms in total. The van der Waals surface area contributed by atoms with Crippen molar-refractivity contribution in [2.24, 2.45) is 5.16 Å². The second kappa shape index (κ2) is 4.72. The van der Waals surface area contributed by atoms with Crippen molar-refractivity contribution in [1.82, 2.24) is 4.98 Å². The van der Waals surface area contributed by atoms with Crippen LogP contribution in [0.5, 0.6) is 0 Å². The van der Waals surface area contributed by atoms with E-state index in [1.807, 2.05) is 31.2 Å². The maximum atomic E-state index is 11.8. The summed E-state index contributed by atoms with van der Waals surface area (Å²) in [5, 5.41) is 4.24. The van der Waals surface area contributed by atoms with Crippen molar-refractivity contribution >= 4 is 17.1 Å². The van der Waals surface area contributed by atoms with Gasteiger partial charge in [0, 0.05) is 22.2 Å². The lowest BCUT2D eigenvalue weighted by Crippen LogP contribution is -2.14. The molecule has 6 heteroatoms. The summed E-state index contributed by atoms with van der Waals surface area (Å²) >= 11 is 0. The molecule has 0 bridgehead atoms. The van der Waals surface area contributed by atoms with E-state index < -0.39 is 12.8 Å². The average molecular weight is 256 g/mol. The van der Waals surface area contributed by atoms with Crippen LogP contribution in [0.2, 0.25) is 0 Å². The summed E-state index contributed by atoms with van der Waals surface area (Å²) in [6.07, 6.45) is -3.08. The Bertz CT molecular complexity index is 572. The highest BCUT2D eigenvalue weighted by molar-refractivity contribution is 6.00. The summed E-state index contributed by atoms with van der Waals surface area (Å²) in [5.41, 5.74) is 2.47. The van der Waals surface area contributed by atoms with Crippen molar-refractivity contribution in [2.45, 2.75) is 13.1 Å². The maximum absolute atomic E-state index is 11.8. The predicted octanol–water partition coefficient (Wildman–Crippen LogP) is 3.39. The Kier molecular flexibility index (Phi) is 3.27. The molecule has 0 saturated carbocycles. The molecule has 0 atom stereocenters. The summed E-state index contributed by atoms with van der Waals surface area (Å²) < 4.78 is 35.5. The summed E-state index contributed by atoms with van der Waals surface area (Å²) in [5.74, 6) is 0. The lowest BCUT2D eigenvalue weighted by molar-refractivity contribution is -0.173. The number of alkyl halides is 3. The molecule has 1 N–H and O–H groups in total. The van der Waals surface area contributed by atoms with Crippen molar-refractivity contribution in [3.8, 4) is 0 Å². The molecular weight excluding hydrogens is 245 g/mol. The number of rotatable bonds is 3. The smallest absolute Gasteiger partial charge is 0.386 e. The molecule has 0 aliphatic rings. The standard InChI is InChI=1S/C12H11F3N2O/c1-8-10(6-16-18-7-12(13,14)15)9-4-2-3-5-11(9)17-8/h2-6,17H,7H2,1H3/b16-6+. The van der Waals surface area contributed by atoms with E-state index in [1.165, 1.54) is 6.21 Å². The molecule has 0 radical (unpaired) electrons. The quantitative estimate of drug-likeness (QED) is 0.663. The van der Waals surface area contributed by atoms with Crippen molar-refractivity contribution in [2.75, 3.05) is 6.61 Å². The molecule has 1 heterocycles. The zero-order valence-corrected chi connectivity index (χ0v) is 9.58. The molecule has 0 amide bonds. The molecule has 96 valence electrons. The number of benzene rings is 1. The van der Waals surface area contributed by atoms with E-state index in [1.54, 1.807) is 0 Å². The molecule has 0 aliphatic heterocycles. The molecule has 1 aromatic heterocycles. The topological polar surface area (TPSA) is 37.4 Å². The fourth-order valence-electron chi connectivity index (χ4n) is 1.67. The van der Waals surface area contributed by atoms with E-state index >= 15 is 0 Å². The van der Waals surface area contributed by atoms with Gasteiger partial charge in [-0.1, -0.05) is 23.4 Å². The van der Waals surface area contributed by atoms with E-state index in [-0.39, 0.29) is 0 Å². The van der Waals surface area contributed by atoms with Crippen molar-refractivity contribution < 1.29 is 18.0 Å². The predicted molar refractivity (Wildman–Crippen MR) is 62.6 cm³/mol. The Morgan fingerprint density at radius 3 is 2.78 bits per heavy atom. The molecule has 2 rings (SSSR count). The molecule has 0 saturated heterocycles. The molecule has 0 fully saturated rings. The minimum absolute atomic E-state index is 0.729. The number of H-pyrrole nitrogens is 1. The summed E-state index contributed by atoms with van der Waals surface area (Å²) in [6.45, 7) is 0.440. The number of nitrogens with zero attached hydrogens (tertiary/aromatic N) is 1. The van der Waals surface area contributed by atoms with Gasteiger partial charge in [0.1, 0.15) is 0 Å². The van der Waals surface area contributed by atoms with Gasteiger partial charge < -0.3 is 9.82 Å². The third-order valence-electron chi connectivity index (χ3n) is 2.43. The number of para-hydroxylation sites is 1. The van der Waals surface area contributed by atoms with Crippen molar-refractivity contribution in [3.05, 3.63) is 35.5 Å². The van der Waals surface area contributed by atoms with Crippen molar-refractivity contribution in [3.63, 3.8) is 0 Å². The molecule has 0 unspecified atom stereocenters.